The maximum absolute atomic E-state index is 13.1. The molecule has 0 N–H and O–H groups in total. The first kappa shape index (κ1) is 15.8. The first-order valence-corrected chi connectivity index (χ1v) is 8.88. The van der Waals surface area contributed by atoms with Crippen molar-refractivity contribution in [2.75, 3.05) is 11.4 Å². The molecule has 0 saturated carbocycles. The van der Waals surface area contributed by atoms with Gasteiger partial charge in [0.15, 0.2) is 0 Å². The number of para-hydroxylation sites is 2. The number of carbonyl (C=O) groups is 1. The number of amides is 1. The van der Waals surface area contributed by atoms with Gasteiger partial charge in [-0.2, -0.15) is 0 Å². The van der Waals surface area contributed by atoms with Gasteiger partial charge in [-0.15, -0.1) is 0 Å². The van der Waals surface area contributed by atoms with Crippen molar-refractivity contribution in [3.63, 3.8) is 0 Å². The third-order valence-corrected chi connectivity index (χ3v) is 5.22. The maximum Gasteiger partial charge on any atom is 0.231 e. The zero-order valence-corrected chi connectivity index (χ0v) is 14.7. The van der Waals surface area contributed by atoms with Crippen molar-refractivity contribution >= 4 is 22.5 Å². The standard InChI is InChI=1S/C22H22N2O/c1-15-18-10-4-5-11-20(18)23-16(2)19(15)14-22(25)24-13-7-9-17-8-3-6-12-21(17)24/h3-6,8,10-12H,7,9,13-14H2,1-2H3. The highest BCUT2D eigenvalue weighted by Gasteiger charge is 2.23. The molecule has 0 saturated heterocycles. The number of aryl methyl sites for hydroxylation is 3. The van der Waals surface area contributed by atoms with Crippen LogP contribution in [0.25, 0.3) is 10.9 Å². The summed E-state index contributed by atoms with van der Waals surface area (Å²) in [6.45, 7) is 4.91. The van der Waals surface area contributed by atoms with Crippen LogP contribution in [0.2, 0.25) is 0 Å². The fraction of sp³-hybridized carbons (Fsp3) is 0.273. The van der Waals surface area contributed by atoms with Crippen LogP contribution in [-0.2, 0) is 17.6 Å². The van der Waals surface area contributed by atoms with Crippen LogP contribution < -0.4 is 4.90 Å². The molecular formula is C22H22N2O. The summed E-state index contributed by atoms with van der Waals surface area (Å²) in [4.78, 5) is 19.7. The van der Waals surface area contributed by atoms with Gasteiger partial charge < -0.3 is 4.90 Å². The fourth-order valence-corrected chi connectivity index (χ4v) is 3.87. The van der Waals surface area contributed by atoms with Gasteiger partial charge in [0.05, 0.1) is 11.9 Å². The van der Waals surface area contributed by atoms with Gasteiger partial charge in [0, 0.05) is 23.3 Å². The van der Waals surface area contributed by atoms with Crippen molar-refractivity contribution < 1.29 is 4.79 Å². The van der Waals surface area contributed by atoms with Crippen LogP contribution in [0.1, 0.15) is 28.8 Å². The first-order chi connectivity index (χ1) is 12.1. The minimum Gasteiger partial charge on any atom is -0.312 e. The third-order valence-electron chi connectivity index (χ3n) is 5.22. The summed E-state index contributed by atoms with van der Waals surface area (Å²) in [5.41, 5.74) is 6.52. The van der Waals surface area contributed by atoms with E-state index in [1.54, 1.807) is 0 Å². The molecule has 3 aromatic rings. The summed E-state index contributed by atoms with van der Waals surface area (Å²) in [5, 5.41) is 1.13. The van der Waals surface area contributed by atoms with Gasteiger partial charge in [-0.25, -0.2) is 0 Å². The number of rotatable bonds is 2. The number of hydrogen-bond acceptors (Lipinski definition) is 2. The Kier molecular flexibility index (Phi) is 4.00. The van der Waals surface area contributed by atoms with Crippen molar-refractivity contribution in [1.82, 2.24) is 4.98 Å². The molecule has 1 aromatic heterocycles. The van der Waals surface area contributed by atoms with E-state index < -0.39 is 0 Å². The lowest BCUT2D eigenvalue weighted by Crippen LogP contribution is -2.36. The van der Waals surface area contributed by atoms with Gasteiger partial charge in [0.25, 0.3) is 0 Å². The van der Waals surface area contributed by atoms with Crippen molar-refractivity contribution in [2.45, 2.75) is 33.1 Å². The van der Waals surface area contributed by atoms with E-state index in [4.69, 9.17) is 4.98 Å². The molecule has 2 heterocycles. The van der Waals surface area contributed by atoms with Crippen LogP contribution in [0.15, 0.2) is 48.5 Å². The van der Waals surface area contributed by atoms with Gasteiger partial charge in [-0.05, 0) is 55.5 Å². The molecule has 1 amide bonds. The number of nitrogens with zero attached hydrogens (tertiary/aromatic N) is 2. The molecule has 0 radical (unpaired) electrons. The molecule has 1 aliphatic heterocycles. The highest BCUT2D eigenvalue weighted by molar-refractivity contribution is 5.97. The van der Waals surface area contributed by atoms with Gasteiger partial charge in [0.1, 0.15) is 0 Å². The molecule has 1 aliphatic rings. The second-order valence-corrected chi connectivity index (χ2v) is 6.77. The molecule has 3 heteroatoms. The molecule has 3 nitrogen and oxygen atoms in total. The average Bonchev–Trinajstić information content (AvgIpc) is 2.64. The molecule has 0 unspecified atom stereocenters. The zero-order valence-electron chi connectivity index (χ0n) is 14.7. The minimum absolute atomic E-state index is 0.162. The Morgan fingerprint density at radius 1 is 1.08 bits per heavy atom. The Morgan fingerprint density at radius 2 is 1.84 bits per heavy atom. The van der Waals surface area contributed by atoms with Crippen molar-refractivity contribution in [3.8, 4) is 0 Å². The van der Waals surface area contributed by atoms with Crippen molar-refractivity contribution in [3.05, 3.63) is 70.9 Å². The maximum atomic E-state index is 13.1. The smallest absolute Gasteiger partial charge is 0.231 e. The van der Waals surface area contributed by atoms with E-state index in [1.807, 2.05) is 42.2 Å². The fourth-order valence-electron chi connectivity index (χ4n) is 3.87. The summed E-state index contributed by atoms with van der Waals surface area (Å²) in [6, 6.07) is 16.4. The van der Waals surface area contributed by atoms with E-state index in [1.165, 1.54) is 11.1 Å². The number of pyridine rings is 1. The van der Waals surface area contributed by atoms with Gasteiger partial charge in [-0.1, -0.05) is 36.4 Å². The van der Waals surface area contributed by atoms with Crippen LogP contribution in [0.5, 0.6) is 0 Å². The number of anilines is 1. The topological polar surface area (TPSA) is 33.2 Å². The highest BCUT2D eigenvalue weighted by Crippen LogP contribution is 2.29. The lowest BCUT2D eigenvalue weighted by atomic mass is 9.97. The molecule has 0 bridgehead atoms. The summed E-state index contributed by atoms with van der Waals surface area (Å²) < 4.78 is 0. The molecule has 0 fully saturated rings. The lowest BCUT2D eigenvalue weighted by molar-refractivity contribution is -0.118. The average molecular weight is 330 g/mol. The molecule has 2 aromatic carbocycles. The first-order valence-electron chi connectivity index (χ1n) is 8.88. The highest BCUT2D eigenvalue weighted by atomic mass is 16.2. The zero-order chi connectivity index (χ0) is 17.4. The monoisotopic (exact) mass is 330 g/mol. The number of fused-ring (bicyclic) bond motifs is 2. The number of carbonyl (C=O) groups excluding carboxylic acids is 1. The Morgan fingerprint density at radius 3 is 2.72 bits per heavy atom. The van der Waals surface area contributed by atoms with E-state index in [-0.39, 0.29) is 5.91 Å². The van der Waals surface area contributed by atoms with Gasteiger partial charge in [0.2, 0.25) is 5.91 Å². The largest absolute Gasteiger partial charge is 0.312 e. The molecule has 0 spiro atoms. The molecule has 0 aliphatic carbocycles. The van der Waals surface area contributed by atoms with E-state index >= 15 is 0 Å². The van der Waals surface area contributed by atoms with E-state index in [2.05, 4.69) is 25.1 Å². The molecule has 0 atom stereocenters. The number of aromatic nitrogens is 1. The molecule has 4 rings (SSSR count). The van der Waals surface area contributed by atoms with Gasteiger partial charge >= 0.3 is 0 Å². The predicted octanol–water partition coefficient (Wildman–Crippen LogP) is 4.37. The number of benzene rings is 2. The Bertz CT molecular complexity index is 961. The van der Waals surface area contributed by atoms with Crippen molar-refractivity contribution in [1.29, 1.82) is 0 Å². The normalized spacial score (nSPS) is 13.8. The van der Waals surface area contributed by atoms with Crippen LogP contribution in [0.4, 0.5) is 5.69 Å². The van der Waals surface area contributed by atoms with Gasteiger partial charge in [-0.3, -0.25) is 9.78 Å². The summed E-state index contributed by atoms with van der Waals surface area (Å²) in [7, 11) is 0. The minimum atomic E-state index is 0.162. The second kappa shape index (κ2) is 6.32. The van der Waals surface area contributed by atoms with Crippen LogP contribution in [0.3, 0.4) is 0 Å². The van der Waals surface area contributed by atoms with Crippen LogP contribution in [-0.4, -0.2) is 17.4 Å². The summed E-state index contributed by atoms with van der Waals surface area (Å²) in [5.74, 6) is 0.162. The Balaban J connectivity index is 1.69. The van der Waals surface area contributed by atoms with E-state index in [9.17, 15) is 4.79 Å². The van der Waals surface area contributed by atoms with Crippen LogP contribution >= 0.6 is 0 Å². The van der Waals surface area contributed by atoms with E-state index in [0.717, 1.165) is 47.2 Å². The summed E-state index contributed by atoms with van der Waals surface area (Å²) in [6.07, 6.45) is 2.48. The number of hydrogen-bond donors (Lipinski definition) is 0. The molecule has 25 heavy (non-hydrogen) atoms. The Hall–Kier alpha value is -2.68. The van der Waals surface area contributed by atoms with Crippen molar-refractivity contribution in [2.24, 2.45) is 0 Å². The summed E-state index contributed by atoms with van der Waals surface area (Å²) >= 11 is 0. The molecule has 126 valence electrons. The van der Waals surface area contributed by atoms with Crippen LogP contribution in [0, 0.1) is 13.8 Å². The molecular weight excluding hydrogens is 308 g/mol. The van der Waals surface area contributed by atoms with E-state index in [0.29, 0.717) is 6.42 Å². The predicted molar refractivity (Wildman–Crippen MR) is 102 cm³/mol. The Labute approximate surface area is 148 Å². The third kappa shape index (κ3) is 2.80. The quantitative estimate of drug-likeness (QED) is 0.699. The second-order valence-electron chi connectivity index (χ2n) is 6.77. The lowest BCUT2D eigenvalue weighted by Gasteiger charge is -2.30. The SMILES string of the molecule is Cc1nc2ccccc2c(C)c1CC(=O)N1CCCc2ccccc21.